The molecule has 1 amide bonds. The minimum Gasteiger partial charge on any atom is -0.497 e. The molecule has 0 atom stereocenters. The molecule has 0 N–H and O–H groups in total. The van der Waals surface area contributed by atoms with Gasteiger partial charge in [-0.25, -0.2) is 4.39 Å². The van der Waals surface area contributed by atoms with Crippen molar-refractivity contribution in [2.45, 2.75) is 0 Å². The molecular formula is C20H20FNO3. The number of hydrogen-bond donors (Lipinski definition) is 0. The smallest absolute Gasteiger partial charge is 0.247 e. The fourth-order valence-electron chi connectivity index (χ4n) is 2.73. The van der Waals surface area contributed by atoms with Gasteiger partial charge in [0.2, 0.25) is 5.91 Å². The van der Waals surface area contributed by atoms with Crippen LogP contribution in [0.4, 0.5) is 4.39 Å². The number of halogens is 1. The van der Waals surface area contributed by atoms with E-state index in [9.17, 15) is 9.18 Å². The lowest BCUT2D eigenvalue weighted by atomic mass is 9.97. The monoisotopic (exact) mass is 341 g/mol. The van der Waals surface area contributed by atoms with Crippen LogP contribution in [0.3, 0.4) is 0 Å². The van der Waals surface area contributed by atoms with Crippen molar-refractivity contribution in [2.75, 3.05) is 33.4 Å². The lowest BCUT2D eigenvalue weighted by molar-refractivity contribution is -0.129. The highest BCUT2D eigenvalue weighted by Crippen LogP contribution is 2.26. The normalized spacial score (nSPS) is 15.1. The molecule has 1 heterocycles. The van der Waals surface area contributed by atoms with Crippen LogP contribution in [-0.2, 0) is 9.53 Å². The largest absolute Gasteiger partial charge is 0.497 e. The summed E-state index contributed by atoms with van der Waals surface area (Å²) in [6.45, 7) is 2.26. The number of methoxy groups -OCH3 is 1. The number of amides is 1. The molecule has 0 aliphatic carbocycles. The maximum atomic E-state index is 13.3. The van der Waals surface area contributed by atoms with Gasteiger partial charge in [-0.15, -0.1) is 0 Å². The Labute approximate surface area is 146 Å². The van der Waals surface area contributed by atoms with Crippen molar-refractivity contribution in [1.29, 1.82) is 0 Å². The van der Waals surface area contributed by atoms with Gasteiger partial charge in [-0.05, 0) is 41.0 Å². The molecule has 2 aromatic carbocycles. The quantitative estimate of drug-likeness (QED) is 0.802. The summed E-state index contributed by atoms with van der Waals surface area (Å²) in [5.74, 6) is 0.359. The van der Waals surface area contributed by atoms with Crippen molar-refractivity contribution in [3.05, 3.63) is 71.6 Å². The van der Waals surface area contributed by atoms with Crippen LogP contribution in [0.2, 0.25) is 0 Å². The van der Waals surface area contributed by atoms with Gasteiger partial charge in [-0.2, -0.15) is 0 Å². The van der Waals surface area contributed by atoms with Gasteiger partial charge in [0.05, 0.1) is 20.3 Å². The van der Waals surface area contributed by atoms with Crippen LogP contribution < -0.4 is 4.74 Å². The molecule has 0 saturated carbocycles. The molecule has 1 saturated heterocycles. The maximum Gasteiger partial charge on any atom is 0.247 e. The van der Waals surface area contributed by atoms with E-state index in [1.165, 1.54) is 12.1 Å². The summed E-state index contributed by atoms with van der Waals surface area (Å²) >= 11 is 0. The SMILES string of the molecule is COc1ccc(C(=CC(=O)N2CCOCC2)c2ccc(F)cc2)cc1. The van der Waals surface area contributed by atoms with Crippen molar-refractivity contribution < 1.29 is 18.7 Å². The number of morpholine rings is 1. The zero-order chi connectivity index (χ0) is 17.6. The predicted octanol–water partition coefficient (Wildman–Crippen LogP) is 3.12. The third kappa shape index (κ3) is 4.25. The molecule has 1 fully saturated rings. The number of carbonyl (C=O) groups excluding carboxylic acids is 1. The maximum absolute atomic E-state index is 13.3. The zero-order valence-corrected chi connectivity index (χ0v) is 14.1. The van der Waals surface area contributed by atoms with Gasteiger partial charge in [-0.3, -0.25) is 4.79 Å². The molecule has 0 spiro atoms. The molecule has 1 aliphatic rings. The molecule has 130 valence electrons. The van der Waals surface area contributed by atoms with Crippen LogP contribution in [0, 0.1) is 5.82 Å². The summed E-state index contributed by atoms with van der Waals surface area (Å²) in [7, 11) is 1.60. The van der Waals surface area contributed by atoms with Gasteiger partial charge in [0, 0.05) is 19.2 Å². The summed E-state index contributed by atoms with van der Waals surface area (Å²) < 4.78 is 23.8. The van der Waals surface area contributed by atoms with Crippen molar-refractivity contribution in [3.8, 4) is 5.75 Å². The Balaban J connectivity index is 1.96. The molecule has 2 aromatic rings. The molecule has 0 bridgehead atoms. The molecule has 0 aromatic heterocycles. The lowest BCUT2D eigenvalue weighted by Gasteiger charge is -2.26. The Morgan fingerprint density at radius 3 is 2.16 bits per heavy atom. The van der Waals surface area contributed by atoms with Crippen molar-refractivity contribution in [3.63, 3.8) is 0 Å². The summed E-state index contributed by atoms with van der Waals surface area (Å²) in [6.07, 6.45) is 1.61. The first-order valence-electron chi connectivity index (χ1n) is 8.16. The first-order valence-corrected chi connectivity index (χ1v) is 8.16. The number of rotatable bonds is 4. The number of ether oxygens (including phenoxy) is 2. The van der Waals surface area contributed by atoms with E-state index in [0.29, 0.717) is 26.3 Å². The summed E-state index contributed by atoms with van der Waals surface area (Å²) in [6, 6.07) is 13.6. The van der Waals surface area contributed by atoms with E-state index in [1.807, 2.05) is 24.3 Å². The van der Waals surface area contributed by atoms with Crippen molar-refractivity contribution in [1.82, 2.24) is 4.90 Å². The van der Waals surface area contributed by atoms with Crippen LogP contribution in [0.1, 0.15) is 11.1 Å². The van der Waals surface area contributed by atoms with Gasteiger partial charge in [0.15, 0.2) is 0 Å². The predicted molar refractivity (Wildman–Crippen MR) is 93.9 cm³/mol. The highest BCUT2D eigenvalue weighted by Gasteiger charge is 2.17. The molecule has 0 radical (unpaired) electrons. The minimum absolute atomic E-state index is 0.0709. The summed E-state index contributed by atoms with van der Waals surface area (Å²) in [4.78, 5) is 14.4. The fourth-order valence-corrected chi connectivity index (χ4v) is 2.73. The Bertz CT molecular complexity index is 748. The Hall–Kier alpha value is -2.66. The Kier molecular flexibility index (Phi) is 5.46. The van der Waals surface area contributed by atoms with E-state index < -0.39 is 0 Å². The van der Waals surface area contributed by atoms with Crippen LogP contribution in [-0.4, -0.2) is 44.2 Å². The van der Waals surface area contributed by atoms with Gasteiger partial charge in [-0.1, -0.05) is 24.3 Å². The number of benzene rings is 2. The number of hydrogen-bond acceptors (Lipinski definition) is 3. The topological polar surface area (TPSA) is 38.8 Å². The third-order valence-corrected chi connectivity index (χ3v) is 4.15. The van der Waals surface area contributed by atoms with Gasteiger partial charge < -0.3 is 14.4 Å². The molecule has 4 nitrogen and oxygen atoms in total. The highest BCUT2D eigenvalue weighted by molar-refractivity contribution is 5.99. The standard InChI is InChI=1S/C20H20FNO3/c1-24-18-8-4-16(5-9-18)19(15-2-6-17(21)7-3-15)14-20(23)22-10-12-25-13-11-22/h2-9,14H,10-13H2,1H3. The summed E-state index contributed by atoms with van der Waals surface area (Å²) in [5.41, 5.74) is 2.40. The zero-order valence-electron chi connectivity index (χ0n) is 14.1. The molecular weight excluding hydrogens is 321 g/mol. The van der Waals surface area contributed by atoms with E-state index in [0.717, 1.165) is 22.4 Å². The van der Waals surface area contributed by atoms with E-state index in [4.69, 9.17) is 9.47 Å². The average Bonchev–Trinajstić information content (AvgIpc) is 2.67. The average molecular weight is 341 g/mol. The highest BCUT2D eigenvalue weighted by atomic mass is 19.1. The molecule has 3 rings (SSSR count). The second kappa shape index (κ2) is 7.94. The van der Waals surface area contributed by atoms with E-state index in [-0.39, 0.29) is 11.7 Å². The Morgan fingerprint density at radius 1 is 1.04 bits per heavy atom. The number of carbonyl (C=O) groups is 1. The second-order valence-electron chi connectivity index (χ2n) is 5.73. The van der Waals surface area contributed by atoms with Gasteiger partial charge in [0.25, 0.3) is 0 Å². The molecule has 25 heavy (non-hydrogen) atoms. The Morgan fingerprint density at radius 2 is 1.60 bits per heavy atom. The van der Waals surface area contributed by atoms with Crippen molar-refractivity contribution >= 4 is 11.5 Å². The van der Waals surface area contributed by atoms with Gasteiger partial charge in [0.1, 0.15) is 11.6 Å². The molecule has 5 heteroatoms. The van der Waals surface area contributed by atoms with Crippen LogP contribution in [0.15, 0.2) is 54.6 Å². The number of nitrogens with zero attached hydrogens (tertiary/aromatic N) is 1. The fraction of sp³-hybridized carbons (Fsp3) is 0.250. The van der Waals surface area contributed by atoms with Gasteiger partial charge >= 0.3 is 0 Å². The third-order valence-electron chi connectivity index (χ3n) is 4.15. The van der Waals surface area contributed by atoms with Crippen molar-refractivity contribution in [2.24, 2.45) is 0 Å². The van der Waals surface area contributed by atoms with E-state index in [2.05, 4.69) is 0 Å². The van der Waals surface area contributed by atoms with Crippen LogP contribution in [0.25, 0.3) is 5.57 Å². The van der Waals surface area contributed by atoms with E-state index >= 15 is 0 Å². The molecule has 0 unspecified atom stereocenters. The second-order valence-corrected chi connectivity index (χ2v) is 5.73. The summed E-state index contributed by atoms with van der Waals surface area (Å²) in [5, 5.41) is 0. The van der Waals surface area contributed by atoms with E-state index in [1.54, 1.807) is 30.2 Å². The van der Waals surface area contributed by atoms with Crippen LogP contribution >= 0.6 is 0 Å². The first kappa shape index (κ1) is 17.2. The van der Waals surface area contributed by atoms with Crippen LogP contribution in [0.5, 0.6) is 5.75 Å². The first-order chi connectivity index (χ1) is 12.2. The molecule has 1 aliphatic heterocycles. The lowest BCUT2D eigenvalue weighted by Crippen LogP contribution is -2.39. The minimum atomic E-state index is -0.308.